The van der Waals surface area contributed by atoms with Gasteiger partial charge in [-0.05, 0) is 50.3 Å². The molecular weight excluding hydrogens is 446 g/mol. The summed E-state index contributed by atoms with van der Waals surface area (Å²) < 4.78 is 0.908. The second kappa shape index (κ2) is 9.50. The van der Waals surface area contributed by atoms with E-state index >= 15 is 0 Å². The highest BCUT2D eigenvalue weighted by Gasteiger charge is 2.41. The van der Waals surface area contributed by atoms with E-state index in [1.54, 1.807) is 9.80 Å². The Morgan fingerprint density at radius 3 is 2.57 bits per heavy atom. The molecule has 1 aromatic carbocycles. The molecule has 0 aromatic heterocycles. The van der Waals surface area contributed by atoms with Crippen LogP contribution in [0.5, 0.6) is 0 Å². The lowest BCUT2D eigenvalue weighted by atomic mass is 9.92. The van der Waals surface area contributed by atoms with Crippen molar-refractivity contribution in [2.24, 2.45) is 11.8 Å². The number of hydrogen-bond acceptors (Lipinski definition) is 3. The molecule has 0 bridgehead atoms. The van der Waals surface area contributed by atoms with Crippen LogP contribution in [0.2, 0.25) is 0 Å². The molecule has 2 unspecified atom stereocenters. The van der Waals surface area contributed by atoms with Gasteiger partial charge in [0.2, 0.25) is 17.7 Å². The predicted molar refractivity (Wildman–Crippen MR) is 119 cm³/mol. The Bertz CT molecular complexity index is 809. The van der Waals surface area contributed by atoms with Crippen LogP contribution in [0.1, 0.15) is 51.4 Å². The van der Waals surface area contributed by atoms with Crippen molar-refractivity contribution in [3.05, 3.63) is 28.7 Å². The summed E-state index contributed by atoms with van der Waals surface area (Å²) >= 11 is 3.44. The topological polar surface area (TPSA) is 69.7 Å². The second-order valence-corrected chi connectivity index (χ2v) is 9.69. The maximum atomic E-state index is 13.2. The summed E-state index contributed by atoms with van der Waals surface area (Å²) in [4.78, 5) is 42.3. The smallest absolute Gasteiger partial charge is 0.239 e. The summed E-state index contributed by atoms with van der Waals surface area (Å²) in [6.07, 6.45) is 7.88. The lowest BCUT2D eigenvalue weighted by Gasteiger charge is -2.34. The molecule has 7 heteroatoms. The van der Waals surface area contributed by atoms with Crippen LogP contribution < -0.4 is 10.2 Å². The number of amides is 3. The molecule has 30 heavy (non-hydrogen) atoms. The van der Waals surface area contributed by atoms with Gasteiger partial charge in [0.15, 0.2) is 0 Å². The lowest BCUT2D eigenvalue weighted by Crippen LogP contribution is -2.50. The van der Waals surface area contributed by atoms with Gasteiger partial charge in [0.25, 0.3) is 0 Å². The minimum atomic E-state index is -0.635. The highest BCUT2D eigenvalue weighted by molar-refractivity contribution is 9.10. The largest absolute Gasteiger partial charge is 0.353 e. The van der Waals surface area contributed by atoms with Crippen LogP contribution in [0.4, 0.5) is 5.69 Å². The Balaban J connectivity index is 1.36. The number of benzene rings is 1. The molecule has 3 aliphatic rings. The summed E-state index contributed by atoms with van der Waals surface area (Å²) in [5.41, 5.74) is 0.813. The number of rotatable bonds is 4. The number of nitrogens with one attached hydrogen (secondary N) is 1. The molecule has 2 heterocycles. The molecular formula is C23H30BrN3O3. The predicted octanol–water partition coefficient (Wildman–Crippen LogP) is 3.49. The van der Waals surface area contributed by atoms with Gasteiger partial charge in [0.1, 0.15) is 5.92 Å². The number of likely N-dealkylation sites (tertiary alicyclic amines) is 1. The normalized spacial score (nSPS) is 25.4. The fraction of sp³-hybridized carbons (Fsp3) is 0.609. The van der Waals surface area contributed by atoms with Crippen molar-refractivity contribution in [2.45, 2.75) is 57.4 Å². The molecule has 162 valence electrons. The fourth-order valence-corrected chi connectivity index (χ4v) is 5.37. The third kappa shape index (κ3) is 4.71. The first-order valence-corrected chi connectivity index (χ1v) is 12.0. The third-order valence-electron chi connectivity index (χ3n) is 6.68. The van der Waals surface area contributed by atoms with Crippen molar-refractivity contribution in [2.75, 3.05) is 24.5 Å². The Morgan fingerprint density at radius 1 is 1.00 bits per heavy atom. The van der Waals surface area contributed by atoms with E-state index in [2.05, 4.69) is 21.2 Å². The Hall–Kier alpha value is -1.89. The van der Waals surface area contributed by atoms with E-state index in [1.165, 1.54) is 19.3 Å². The average Bonchev–Trinajstić information content (AvgIpc) is 3.15. The second-order valence-electron chi connectivity index (χ2n) is 8.78. The molecule has 1 aliphatic carbocycles. The number of nitrogens with zero attached hydrogens (tertiary/aromatic N) is 2. The summed E-state index contributed by atoms with van der Waals surface area (Å²) in [7, 11) is 0. The molecule has 1 saturated carbocycles. The first-order chi connectivity index (χ1) is 14.5. The highest BCUT2D eigenvalue weighted by Crippen LogP contribution is 2.30. The quantitative estimate of drug-likeness (QED) is 0.677. The van der Waals surface area contributed by atoms with Crippen molar-refractivity contribution >= 4 is 39.3 Å². The molecule has 2 atom stereocenters. The zero-order chi connectivity index (χ0) is 21.1. The molecule has 1 N–H and O–H groups in total. The van der Waals surface area contributed by atoms with Crippen molar-refractivity contribution < 1.29 is 14.4 Å². The molecule has 0 spiro atoms. The van der Waals surface area contributed by atoms with Crippen molar-refractivity contribution in [1.29, 1.82) is 0 Å². The van der Waals surface area contributed by atoms with Gasteiger partial charge in [0, 0.05) is 35.8 Å². The molecule has 2 aliphatic heterocycles. The van der Waals surface area contributed by atoms with E-state index in [9.17, 15) is 14.4 Å². The first kappa shape index (κ1) is 21.3. The van der Waals surface area contributed by atoms with E-state index in [1.807, 2.05) is 24.3 Å². The summed E-state index contributed by atoms with van der Waals surface area (Å²) in [6, 6.07) is 7.88. The maximum absolute atomic E-state index is 13.2. The molecule has 2 saturated heterocycles. The number of carbonyl (C=O) groups excluding carboxylic acids is 3. The minimum Gasteiger partial charge on any atom is -0.353 e. The monoisotopic (exact) mass is 475 g/mol. The third-order valence-corrected chi connectivity index (χ3v) is 7.17. The van der Waals surface area contributed by atoms with Gasteiger partial charge >= 0.3 is 0 Å². The molecule has 3 amide bonds. The number of hydrogen-bond donors (Lipinski definition) is 1. The summed E-state index contributed by atoms with van der Waals surface area (Å²) in [5, 5.41) is 3.20. The molecule has 1 aromatic rings. The standard InChI is InChI=1S/C23H30BrN3O3/c24-17-7-4-10-19(14-17)27-13-11-20(23(27)30)22(29)26-12-5-6-16(15-26)21(28)25-18-8-2-1-3-9-18/h4,7,10,14,16,18,20H,1-3,5-6,8-9,11-13,15H2,(H,25,28). The van der Waals surface area contributed by atoms with E-state index in [-0.39, 0.29) is 29.7 Å². The van der Waals surface area contributed by atoms with Gasteiger partial charge in [-0.1, -0.05) is 41.3 Å². The molecule has 4 rings (SSSR count). The number of piperidine rings is 1. The van der Waals surface area contributed by atoms with Gasteiger partial charge in [-0.15, -0.1) is 0 Å². The summed E-state index contributed by atoms with van der Waals surface area (Å²) in [6.45, 7) is 1.61. The van der Waals surface area contributed by atoms with Gasteiger partial charge in [-0.2, -0.15) is 0 Å². The maximum Gasteiger partial charge on any atom is 0.239 e. The number of carbonyl (C=O) groups is 3. The molecule has 3 fully saturated rings. The minimum absolute atomic E-state index is 0.0768. The zero-order valence-electron chi connectivity index (χ0n) is 17.3. The van der Waals surface area contributed by atoms with E-state index in [4.69, 9.17) is 0 Å². The van der Waals surface area contributed by atoms with Crippen LogP contribution in [0.3, 0.4) is 0 Å². The van der Waals surface area contributed by atoms with Crippen molar-refractivity contribution in [3.8, 4) is 0 Å². The van der Waals surface area contributed by atoms with E-state index in [0.717, 1.165) is 35.8 Å². The van der Waals surface area contributed by atoms with Gasteiger partial charge in [-0.3, -0.25) is 14.4 Å². The van der Waals surface area contributed by atoms with Crippen molar-refractivity contribution in [1.82, 2.24) is 10.2 Å². The van der Waals surface area contributed by atoms with E-state index < -0.39 is 5.92 Å². The van der Waals surface area contributed by atoms with Crippen LogP contribution in [0.15, 0.2) is 28.7 Å². The Kier molecular flexibility index (Phi) is 6.76. The number of anilines is 1. The van der Waals surface area contributed by atoms with Crippen LogP contribution in [-0.2, 0) is 14.4 Å². The highest BCUT2D eigenvalue weighted by atomic mass is 79.9. The van der Waals surface area contributed by atoms with E-state index in [0.29, 0.717) is 26.1 Å². The zero-order valence-corrected chi connectivity index (χ0v) is 18.9. The molecule has 0 radical (unpaired) electrons. The SMILES string of the molecule is O=C(NC1CCCCC1)C1CCCN(C(=O)C2CCN(c3cccc(Br)c3)C2=O)C1. The molecule has 6 nitrogen and oxygen atoms in total. The van der Waals surface area contributed by atoms with Crippen LogP contribution in [0, 0.1) is 11.8 Å². The Morgan fingerprint density at radius 2 is 1.80 bits per heavy atom. The van der Waals surface area contributed by atoms with Crippen LogP contribution in [-0.4, -0.2) is 48.3 Å². The average molecular weight is 476 g/mol. The van der Waals surface area contributed by atoms with Gasteiger partial charge in [0.05, 0.1) is 5.92 Å². The number of halogens is 1. The Labute approximate surface area is 186 Å². The lowest BCUT2D eigenvalue weighted by molar-refractivity contribution is -0.142. The van der Waals surface area contributed by atoms with Crippen LogP contribution in [0.25, 0.3) is 0 Å². The van der Waals surface area contributed by atoms with Crippen molar-refractivity contribution in [3.63, 3.8) is 0 Å². The fourth-order valence-electron chi connectivity index (χ4n) is 4.99. The van der Waals surface area contributed by atoms with Crippen LogP contribution >= 0.6 is 15.9 Å². The van der Waals surface area contributed by atoms with Gasteiger partial charge in [-0.25, -0.2) is 0 Å². The first-order valence-electron chi connectivity index (χ1n) is 11.2. The van der Waals surface area contributed by atoms with Gasteiger partial charge < -0.3 is 15.1 Å². The summed E-state index contributed by atoms with van der Waals surface area (Å²) in [5.74, 6) is -0.973.